The fraction of sp³-hybridized carbons (Fsp3) is 0.667. The molecule has 2 fully saturated rings. The minimum Gasteiger partial charge on any atom is -0.480 e. The molecule has 0 aliphatic carbocycles. The van der Waals surface area contributed by atoms with Crippen LogP contribution in [0.2, 0.25) is 0 Å². The molecular formula is C18H29N7O4. The van der Waals surface area contributed by atoms with Crippen molar-refractivity contribution in [3.63, 3.8) is 0 Å². The molecule has 3 aliphatic heterocycles. The molecule has 1 unspecified atom stereocenters. The van der Waals surface area contributed by atoms with Crippen molar-refractivity contribution in [1.82, 2.24) is 25.3 Å². The van der Waals surface area contributed by atoms with Gasteiger partial charge in [0.2, 0.25) is 5.91 Å². The molecule has 3 rings (SSSR count). The first-order valence-corrected chi connectivity index (χ1v) is 9.96. The van der Waals surface area contributed by atoms with E-state index in [0.29, 0.717) is 51.4 Å². The summed E-state index contributed by atoms with van der Waals surface area (Å²) in [5, 5.41) is 15.6. The molecule has 5 N–H and O–H groups in total. The van der Waals surface area contributed by atoms with Crippen molar-refractivity contribution in [1.29, 1.82) is 0 Å². The maximum absolute atomic E-state index is 12.8. The standard InChI is InChI=1S/C18H29N7O4/c1-12(19)20-5-2-4-13-14(16(27)28)25(15(13)26)18(29)24-10-8-23(9-11-24)17-21-6-3-7-22-17/h13-14,20H,1-11,19H2,(H,21,22)(H,27,28)/t13-,14?/m1/s1. The van der Waals surface area contributed by atoms with Gasteiger partial charge in [-0.2, -0.15) is 0 Å². The summed E-state index contributed by atoms with van der Waals surface area (Å²) in [6.45, 7) is 7.72. The molecule has 29 heavy (non-hydrogen) atoms. The number of aliphatic imine (C=N–C) groups is 1. The minimum absolute atomic E-state index is 0.324. The van der Waals surface area contributed by atoms with E-state index in [9.17, 15) is 19.5 Å². The number of piperazine rings is 1. The van der Waals surface area contributed by atoms with Crippen LogP contribution >= 0.6 is 0 Å². The Morgan fingerprint density at radius 3 is 2.62 bits per heavy atom. The summed E-state index contributed by atoms with van der Waals surface area (Å²) >= 11 is 0. The number of carboxylic acid groups (broad SMARTS) is 1. The molecule has 0 spiro atoms. The number of carboxylic acids is 1. The molecule has 11 heteroatoms. The number of hydrogen-bond acceptors (Lipinski definition) is 8. The number of nitrogens with zero attached hydrogens (tertiary/aromatic N) is 4. The van der Waals surface area contributed by atoms with Crippen LogP contribution in [0.3, 0.4) is 0 Å². The number of urea groups is 1. The molecule has 3 aliphatic rings. The summed E-state index contributed by atoms with van der Waals surface area (Å²) in [4.78, 5) is 46.0. The van der Waals surface area contributed by atoms with Crippen LogP contribution in [0.4, 0.5) is 4.79 Å². The molecule has 11 nitrogen and oxygen atoms in total. The fourth-order valence-electron chi connectivity index (χ4n) is 3.89. The smallest absolute Gasteiger partial charge is 0.327 e. The van der Waals surface area contributed by atoms with Crippen LogP contribution in [0.15, 0.2) is 17.4 Å². The normalized spacial score (nSPS) is 24.3. The van der Waals surface area contributed by atoms with Crippen LogP contribution in [0.5, 0.6) is 0 Å². The predicted molar refractivity (Wildman–Crippen MR) is 106 cm³/mol. The van der Waals surface area contributed by atoms with Gasteiger partial charge in [0, 0.05) is 45.8 Å². The van der Waals surface area contributed by atoms with Gasteiger partial charge in [-0.1, -0.05) is 6.58 Å². The highest BCUT2D eigenvalue weighted by Crippen LogP contribution is 2.32. The van der Waals surface area contributed by atoms with E-state index in [1.807, 2.05) is 0 Å². The number of imide groups is 1. The summed E-state index contributed by atoms with van der Waals surface area (Å²) in [6, 6.07) is -1.64. The number of aliphatic carboxylic acids is 1. The zero-order valence-corrected chi connectivity index (χ0v) is 16.5. The Balaban J connectivity index is 1.53. The van der Waals surface area contributed by atoms with Crippen LogP contribution in [0.1, 0.15) is 19.3 Å². The first-order valence-electron chi connectivity index (χ1n) is 9.96. The summed E-state index contributed by atoms with van der Waals surface area (Å²) in [7, 11) is 0. The van der Waals surface area contributed by atoms with E-state index in [4.69, 9.17) is 5.73 Å². The van der Waals surface area contributed by atoms with E-state index >= 15 is 0 Å². The summed E-state index contributed by atoms with van der Waals surface area (Å²) < 4.78 is 0. The number of β-lactam (4-membered cyclic amide) rings is 1. The zero-order valence-electron chi connectivity index (χ0n) is 16.5. The highest BCUT2D eigenvalue weighted by atomic mass is 16.4. The van der Waals surface area contributed by atoms with Crippen LogP contribution in [0.25, 0.3) is 0 Å². The third kappa shape index (κ3) is 4.54. The first kappa shape index (κ1) is 20.7. The van der Waals surface area contributed by atoms with Gasteiger partial charge >= 0.3 is 12.0 Å². The summed E-state index contributed by atoms with van der Waals surface area (Å²) in [5.41, 5.74) is 5.42. The van der Waals surface area contributed by atoms with Crippen LogP contribution in [-0.2, 0) is 9.59 Å². The van der Waals surface area contributed by atoms with E-state index in [0.717, 1.165) is 30.4 Å². The zero-order chi connectivity index (χ0) is 21.0. The Morgan fingerprint density at radius 1 is 1.31 bits per heavy atom. The molecule has 0 bridgehead atoms. The van der Waals surface area contributed by atoms with Gasteiger partial charge < -0.3 is 31.3 Å². The number of amides is 3. The van der Waals surface area contributed by atoms with E-state index in [1.165, 1.54) is 0 Å². The van der Waals surface area contributed by atoms with Gasteiger partial charge in [0.25, 0.3) is 0 Å². The first-order chi connectivity index (χ1) is 13.9. The maximum atomic E-state index is 12.8. The lowest BCUT2D eigenvalue weighted by atomic mass is 9.83. The van der Waals surface area contributed by atoms with Crippen molar-refractivity contribution in [2.45, 2.75) is 25.3 Å². The highest BCUT2D eigenvalue weighted by molar-refractivity contribution is 6.07. The molecule has 0 aromatic carbocycles. The Bertz CT molecular complexity index is 702. The number of rotatable bonds is 6. The third-order valence-corrected chi connectivity index (χ3v) is 5.45. The molecule has 0 saturated carbocycles. The topological polar surface area (TPSA) is 144 Å². The van der Waals surface area contributed by atoms with Gasteiger partial charge in [0.1, 0.15) is 0 Å². The summed E-state index contributed by atoms with van der Waals surface area (Å²) in [5.74, 6) is -1.09. The molecule has 160 valence electrons. The number of likely N-dealkylation sites (tertiary alicyclic amines) is 1. The van der Waals surface area contributed by atoms with E-state index in [1.54, 1.807) is 4.90 Å². The second-order valence-electron chi connectivity index (χ2n) is 7.43. The number of guanidine groups is 1. The highest BCUT2D eigenvalue weighted by Gasteiger charge is 2.55. The Kier molecular flexibility index (Phi) is 6.45. The lowest BCUT2D eigenvalue weighted by Gasteiger charge is -2.46. The number of carbonyl (C=O) groups excluding carboxylic acids is 2. The lowest BCUT2D eigenvalue weighted by Crippen LogP contribution is -2.69. The molecular weight excluding hydrogens is 378 g/mol. The second kappa shape index (κ2) is 9.01. The molecule has 3 heterocycles. The molecule has 2 atom stereocenters. The van der Waals surface area contributed by atoms with E-state index in [-0.39, 0.29) is 0 Å². The van der Waals surface area contributed by atoms with Gasteiger partial charge in [-0.3, -0.25) is 9.79 Å². The second-order valence-corrected chi connectivity index (χ2v) is 7.43. The predicted octanol–water partition coefficient (Wildman–Crippen LogP) is -1.22. The average Bonchev–Trinajstić information content (AvgIpc) is 2.71. The van der Waals surface area contributed by atoms with Crippen molar-refractivity contribution in [3.8, 4) is 0 Å². The van der Waals surface area contributed by atoms with Crippen molar-refractivity contribution in [2.24, 2.45) is 16.6 Å². The Labute approximate surface area is 169 Å². The van der Waals surface area contributed by atoms with Gasteiger partial charge in [-0.25, -0.2) is 14.5 Å². The molecule has 3 amide bonds. The van der Waals surface area contributed by atoms with Crippen LogP contribution in [0, 0.1) is 5.92 Å². The van der Waals surface area contributed by atoms with E-state index < -0.39 is 29.9 Å². The Morgan fingerprint density at radius 2 is 2.03 bits per heavy atom. The number of nitrogens with one attached hydrogen (secondary N) is 2. The SMILES string of the molecule is C=C(N)NCCC[C@H]1C(=O)N(C(=O)N2CCN(C3=NCCCN3)CC2)C1C(=O)O. The van der Waals surface area contributed by atoms with Crippen molar-refractivity contribution in [3.05, 3.63) is 12.4 Å². The van der Waals surface area contributed by atoms with Gasteiger partial charge in [-0.15, -0.1) is 0 Å². The monoisotopic (exact) mass is 407 g/mol. The lowest BCUT2D eigenvalue weighted by molar-refractivity contribution is -0.167. The van der Waals surface area contributed by atoms with E-state index in [2.05, 4.69) is 27.1 Å². The van der Waals surface area contributed by atoms with Gasteiger partial charge in [-0.05, 0) is 19.3 Å². The van der Waals surface area contributed by atoms with Gasteiger partial charge in [0.05, 0.1) is 11.7 Å². The molecule has 0 aromatic rings. The minimum atomic E-state index is -1.15. The number of nitrogens with two attached hydrogens (primary N) is 1. The molecule has 2 saturated heterocycles. The van der Waals surface area contributed by atoms with Gasteiger partial charge in [0.15, 0.2) is 12.0 Å². The van der Waals surface area contributed by atoms with Crippen LogP contribution in [-0.4, -0.2) is 95.5 Å². The number of hydrogen-bond donors (Lipinski definition) is 4. The quantitative estimate of drug-likeness (QED) is 0.317. The maximum Gasteiger partial charge on any atom is 0.327 e. The molecule has 0 aromatic heterocycles. The average molecular weight is 407 g/mol. The Hall–Kier alpha value is -2.98. The third-order valence-electron chi connectivity index (χ3n) is 5.45. The largest absolute Gasteiger partial charge is 0.480 e. The van der Waals surface area contributed by atoms with Crippen molar-refractivity contribution < 1.29 is 19.5 Å². The fourth-order valence-corrected chi connectivity index (χ4v) is 3.89. The van der Waals surface area contributed by atoms with Crippen LogP contribution < -0.4 is 16.4 Å². The van der Waals surface area contributed by atoms with Crippen molar-refractivity contribution >= 4 is 23.9 Å². The molecule has 0 radical (unpaired) electrons. The number of carbonyl (C=O) groups is 3. The van der Waals surface area contributed by atoms with Crippen molar-refractivity contribution in [2.75, 3.05) is 45.8 Å². The summed E-state index contributed by atoms with van der Waals surface area (Å²) in [6.07, 6.45) is 1.94.